The summed E-state index contributed by atoms with van der Waals surface area (Å²) in [6.07, 6.45) is 0. The molecule has 0 amide bonds. The van der Waals surface area contributed by atoms with E-state index in [9.17, 15) is 9.90 Å². The van der Waals surface area contributed by atoms with E-state index in [1.165, 1.54) is 7.11 Å². The molecule has 0 aromatic heterocycles. The Bertz CT molecular complexity index is 602. The van der Waals surface area contributed by atoms with Gasteiger partial charge in [0.05, 0.1) is 19.3 Å². The summed E-state index contributed by atoms with van der Waals surface area (Å²) < 4.78 is 10.0. The number of rotatable bonds is 4. The molecular weight excluding hydrogens is 256 g/mol. The molecule has 2 aromatic rings. The number of esters is 1. The van der Waals surface area contributed by atoms with E-state index in [1.807, 2.05) is 12.1 Å². The maximum Gasteiger partial charge on any atom is 0.338 e. The highest BCUT2D eigenvalue weighted by Crippen LogP contribution is 2.31. The van der Waals surface area contributed by atoms with Gasteiger partial charge in [0.15, 0.2) is 11.5 Å². The van der Waals surface area contributed by atoms with Crippen LogP contribution < -0.4 is 4.74 Å². The fourth-order valence-electron chi connectivity index (χ4n) is 1.87. The van der Waals surface area contributed by atoms with Gasteiger partial charge in [0.2, 0.25) is 0 Å². The Morgan fingerprint density at radius 2 is 1.75 bits per heavy atom. The molecule has 104 valence electrons. The van der Waals surface area contributed by atoms with Crippen LogP contribution in [0.25, 0.3) is 11.1 Å². The lowest BCUT2D eigenvalue weighted by Crippen LogP contribution is -2.03. The predicted octanol–water partition coefficient (Wildman–Crippen LogP) is 3.24. The van der Waals surface area contributed by atoms with Crippen LogP contribution in [-0.4, -0.2) is 24.8 Å². The van der Waals surface area contributed by atoms with Crippen molar-refractivity contribution in [3.63, 3.8) is 0 Å². The molecule has 0 bridgehead atoms. The van der Waals surface area contributed by atoms with E-state index in [0.717, 1.165) is 11.1 Å². The summed E-state index contributed by atoms with van der Waals surface area (Å²) in [7, 11) is 1.50. The molecule has 0 saturated carbocycles. The maximum atomic E-state index is 11.6. The van der Waals surface area contributed by atoms with Crippen molar-refractivity contribution in [3.05, 3.63) is 48.0 Å². The van der Waals surface area contributed by atoms with Gasteiger partial charge in [-0.05, 0) is 42.3 Å². The summed E-state index contributed by atoms with van der Waals surface area (Å²) in [5.41, 5.74) is 2.34. The largest absolute Gasteiger partial charge is 0.504 e. The molecule has 0 heterocycles. The zero-order valence-corrected chi connectivity index (χ0v) is 11.4. The van der Waals surface area contributed by atoms with Crippen molar-refractivity contribution in [3.8, 4) is 22.6 Å². The van der Waals surface area contributed by atoms with Crippen LogP contribution in [0.5, 0.6) is 11.5 Å². The highest BCUT2D eigenvalue weighted by molar-refractivity contribution is 5.90. The molecule has 0 radical (unpaired) electrons. The van der Waals surface area contributed by atoms with Gasteiger partial charge in [-0.15, -0.1) is 0 Å². The number of phenols is 1. The molecule has 1 N–H and O–H groups in total. The third kappa shape index (κ3) is 2.91. The van der Waals surface area contributed by atoms with E-state index in [0.29, 0.717) is 17.9 Å². The van der Waals surface area contributed by atoms with E-state index in [-0.39, 0.29) is 11.7 Å². The fourth-order valence-corrected chi connectivity index (χ4v) is 1.87. The first-order valence-corrected chi connectivity index (χ1v) is 6.30. The average Bonchev–Trinajstić information content (AvgIpc) is 2.48. The van der Waals surface area contributed by atoms with Gasteiger partial charge in [-0.2, -0.15) is 0 Å². The van der Waals surface area contributed by atoms with Crippen LogP contribution in [0.4, 0.5) is 0 Å². The molecule has 0 aliphatic heterocycles. The summed E-state index contributed by atoms with van der Waals surface area (Å²) >= 11 is 0. The number of carbonyl (C=O) groups excluding carboxylic acids is 1. The second-order valence-corrected chi connectivity index (χ2v) is 4.18. The average molecular weight is 272 g/mol. The van der Waals surface area contributed by atoms with Crippen molar-refractivity contribution in [1.29, 1.82) is 0 Å². The molecule has 0 saturated heterocycles. The number of methoxy groups -OCH3 is 1. The summed E-state index contributed by atoms with van der Waals surface area (Å²) in [5, 5.41) is 9.57. The molecule has 2 rings (SSSR count). The highest BCUT2D eigenvalue weighted by Gasteiger charge is 2.08. The van der Waals surface area contributed by atoms with Crippen LogP contribution in [0.3, 0.4) is 0 Å². The molecule has 4 heteroatoms. The normalized spacial score (nSPS) is 10.1. The zero-order chi connectivity index (χ0) is 14.5. The smallest absolute Gasteiger partial charge is 0.338 e. The molecule has 0 spiro atoms. The Morgan fingerprint density at radius 3 is 2.35 bits per heavy atom. The first kappa shape index (κ1) is 13.9. The quantitative estimate of drug-likeness (QED) is 0.868. The Hall–Kier alpha value is -2.49. The predicted molar refractivity (Wildman–Crippen MR) is 76.1 cm³/mol. The van der Waals surface area contributed by atoms with Gasteiger partial charge in [-0.25, -0.2) is 4.79 Å². The highest BCUT2D eigenvalue weighted by atomic mass is 16.5. The summed E-state index contributed by atoms with van der Waals surface area (Å²) in [4.78, 5) is 11.6. The number of ether oxygens (including phenoxy) is 2. The second-order valence-electron chi connectivity index (χ2n) is 4.18. The molecule has 0 aliphatic rings. The Balaban J connectivity index is 2.28. The molecule has 4 nitrogen and oxygen atoms in total. The minimum atomic E-state index is -0.331. The van der Waals surface area contributed by atoms with Crippen LogP contribution in [0.2, 0.25) is 0 Å². The fraction of sp³-hybridized carbons (Fsp3) is 0.188. The lowest BCUT2D eigenvalue weighted by Gasteiger charge is -2.07. The number of aromatic hydroxyl groups is 1. The Morgan fingerprint density at radius 1 is 1.10 bits per heavy atom. The van der Waals surface area contributed by atoms with Crippen molar-refractivity contribution in [2.24, 2.45) is 0 Å². The number of phenolic OH excluding ortho intramolecular Hbond substituents is 1. The van der Waals surface area contributed by atoms with Gasteiger partial charge >= 0.3 is 5.97 Å². The first-order valence-electron chi connectivity index (χ1n) is 6.30. The number of carbonyl (C=O) groups is 1. The molecule has 2 aromatic carbocycles. The summed E-state index contributed by atoms with van der Waals surface area (Å²) in [6.45, 7) is 2.13. The van der Waals surface area contributed by atoms with Crippen molar-refractivity contribution < 1.29 is 19.4 Å². The third-order valence-electron chi connectivity index (χ3n) is 2.91. The van der Waals surface area contributed by atoms with Gasteiger partial charge in [0, 0.05) is 0 Å². The number of hydrogen-bond donors (Lipinski definition) is 1. The molecule has 0 atom stereocenters. The lowest BCUT2D eigenvalue weighted by atomic mass is 10.0. The van der Waals surface area contributed by atoms with E-state index >= 15 is 0 Å². The van der Waals surface area contributed by atoms with E-state index in [2.05, 4.69) is 0 Å². The molecule has 0 unspecified atom stereocenters. The van der Waals surface area contributed by atoms with E-state index < -0.39 is 0 Å². The van der Waals surface area contributed by atoms with Crippen molar-refractivity contribution in [2.75, 3.05) is 13.7 Å². The van der Waals surface area contributed by atoms with Crippen LogP contribution in [0, 0.1) is 0 Å². The van der Waals surface area contributed by atoms with Crippen LogP contribution >= 0.6 is 0 Å². The molecular formula is C16H16O4. The Labute approximate surface area is 117 Å². The van der Waals surface area contributed by atoms with E-state index in [4.69, 9.17) is 9.47 Å². The van der Waals surface area contributed by atoms with E-state index in [1.54, 1.807) is 37.3 Å². The zero-order valence-electron chi connectivity index (χ0n) is 11.4. The monoisotopic (exact) mass is 272 g/mol. The SMILES string of the molecule is CCOC(=O)c1ccc(-c2ccc(O)c(OC)c2)cc1. The van der Waals surface area contributed by atoms with Gasteiger partial charge in [-0.1, -0.05) is 18.2 Å². The van der Waals surface area contributed by atoms with Gasteiger partial charge in [0.1, 0.15) is 0 Å². The minimum absolute atomic E-state index is 0.0967. The second kappa shape index (κ2) is 6.10. The standard InChI is InChI=1S/C16H16O4/c1-3-20-16(18)12-6-4-11(5-7-12)13-8-9-14(17)15(10-13)19-2/h4-10,17H,3H2,1-2H3. The van der Waals surface area contributed by atoms with Crippen molar-refractivity contribution >= 4 is 5.97 Å². The minimum Gasteiger partial charge on any atom is -0.504 e. The first-order chi connectivity index (χ1) is 9.65. The van der Waals surface area contributed by atoms with Gasteiger partial charge < -0.3 is 14.6 Å². The van der Waals surface area contributed by atoms with Gasteiger partial charge in [0.25, 0.3) is 0 Å². The summed E-state index contributed by atoms with van der Waals surface area (Å²) in [5.74, 6) is 0.179. The molecule has 0 aliphatic carbocycles. The van der Waals surface area contributed by atoms with Crippen LogP contribution in [-0.2, 0) is 4.74 Å². The molecule has 20 heavy (non-hydrogen) atoms. The van der Waals surface area contributed by atoms with Crippen molar-refractivity contribution in [2.45, 2.75) is 6.92 Å². The lowest BCUT2D eigenvalue weighted by molar-refractivity contribution is 0.0526. The van der Waals surface area contributed by atoms with Crippen LogP contribution in [0.1, 0.15) is 17.3 Å². The maximum absolute atomic E-state index is 11.6. The third-order valence-corrected chi connectivity index (χ3v) is 2.91. The van der Waals surface area contributed by atoms with Crippen LogP contribution in [0.15, 0.2) is 42.5 Å². The topological polar surface area (TPSA) is 55.8 Å². The van der Waals surface area contributed by atoms with Crippen molar-refractivity contribution in [1.82, 2.24) is 0 Å². The number of benzene rings is 2. The number of hydrogen-bond acceptors (Lipinski definition) is 4. The van der Waals surface area contributed by atoms with Gasteiger partial charge in [-0.3, -0.25) is 0 Å². The summed E-state index contributed by atoms with van der Waals surface area (Å²) in [6, 6.07) is 12.2. The molecule has 0 fully saturated rings. The Kier molecular flexibility index (Phi) is 4.25.